The predicted octanol–water partition coefficient (Wildman–Crippen LogP) is 1.57. The summed E-state index contributed by atoms with van der Waals surface area (Å²) in [5.74, 6) is 0.578. The van der Waals surface area contributed by atoms with Crippen molar-refractivity contribution < 1.29 is 18.4 Å². The van der Waals surface area contributed by atoms with Crippen molar-refractivity contribution >= 4 is 17.0 Å². The van der Waals surface area contributed by atoms with Gasteiger partial charge in [-0.2, -0.15) is 0 Å². The van der Waals surface area contributed by atoms with E-state index in [4.69, 9.17) is 9.29 Å². The minimum atomic E-state index is -1.92. The SMILES string of the molecule is O=[N+]([O-])c1ccc(OC2CCN(S(=O)O)CC2)cc1. The van der Waals surface area contributed by atoms with Crippen molar-refractivity contribution in [1.82, 2.24) is 4.31 Å². The van der Waals surface area contributed by atoms with Crippen LogP contribution in [0.1, 0.15) is 12.8 Å². The van der Waals surface area contributed by atoms with Gasteiger partial charge in [0.05, 0.1) is 4.92 Å². The van der Waals surface area contributed by atoms with E-state index >= 15 is 0 Å². The molecule has 7 nitrogen and oxygen atoms in total. The van der Waals surface area contributed by atoms with Crippen LogP contribution in [0.4, 0.5) is 5.69 Å². The zero-order valence-corrected chi connectivity index (χ0v) is 10.9. The number of non-ortho nitro benzene ring substituents is 1. The highest BCUT2D eigenvalue weighted by Gasteiger charge is 2.23. The molecule has 0 spiro atoms. The molecule has 104 valence electrons. The number of ether oxygens (including phenoxy) is 1. The fourth-order valence-electron chi connectivity index (χ4n) is 1.95. The maximum absolute atomic E-state index is 10.9. The molecule has 0 radical (unpaired) electrons. The van der Waals surface area contributed by atoms with Crippen molar-refractivity contribution in [1.29, 1.82) is 0 Å². The molecule has 1 aliphatic rings. The lowest BCUT2D eigenvalue weighted by atomic mass is 10.1. The summed E-state index contributed by atoms with van der Waals surface area (Å²) in [5, 5.41) is 10.5. The van der Waals surface area contributed by atoms with Crippen LogP contribution in [0.2, 0.25) is 0 Å². The average Bonchev–Trinajstić information content (AvgIpc) is 2.40. The lowest BCUT2D eigenvalue weighted by Crippen LogP contribution is -2.38. The molecule has 0 saturated carbocycles. The fraction of sp³-hybridized carbons (Fsp3) is 0.455. The van der Waals surface area contributed by atoms with Crippen LogP contribution in [0.5, 0.6) is 5.75 Å². The van der Waals surface area contributed by atoms with Gasteiger partial charge in [-0.1, -0.05) is 0 Å². The van der Waals surface area contributed by atoms with Gasteiger partial charge in [0.15, 0.2) is 0 Å². The Morgan fingerprint density at radius 3 is 2.37 bits per heavy atom. The molecule has 8 heteroatoms. The number of rotatable bonds is 4. The van der Waals surface area contributed by atoms with Crippen LogP contribution >= 0.6 is 0 Å². The number of nitrogens with zero attached hydrogens (tertiary/aromatic N) is 2. The molecule has 19 heavy (non-hydrogen) atoms. The second-order valence-electron chi connectivity index (χ2n) is 4.23. The Bertz CT molecular complexity index is 470. The lowest BCUT2D eigenvalue weighted by molar-refractivity contribution is -0.384. The predicted molar refractivity (Wildman–Crippen MR) is 69.1 cm³/mol. The average molecular weight is 286 g/mol. The molecule has 0 amide bonds. The third-order valence-electron chi connectivity index (χ3n) is 2.97. The van der Waals surface area contributed by atoms with Gasteiger partial charge in [-0.15, -0.1) is 0 Å². The standard InChI is InChI=1S/C11H14N2O5S/c14-13(15)9-1-3-10(4-2-9)18-11-5-7-12(8-6-11)19(16)17/h1-4,11H,5-8H2,(H,16,17). The van der Waals surface area contributed by atoms with Crippen molar-refractivity contribution in [3.63, 3.8) is 0 Å². The molecule has 1 atom stereocenters. The summed E-state index contributed by atoms with van der Waals surface area (Å²) in [6.07, 6.45) is 1.29. The minimum absolute atomic E-state index is 0.0258. The molecule has 1 fully saturated rings. The Morgan fingerprint density at radius 1 is 1.32 bits per heavy atom. The molecule has 1 aromatic rings. The molecular formula is C11H14N2O5S. The lowest BCUT2D eigenvalue weighted by Gasteiger charge is -2.29. The number of piperidine rings is 1. The van der Waals surface area contributed by atoms with Gasteiger partial charge in [0, 0.05) is 25.2 Å². The highest BCUT2D eigenvalue weighted by molar-refractivity contribution is 7.76. The van der Waals surface area contributed by atoms with Gasteiger partial charge >= 0.3 is 0 Å². The summed E-state index contributed by atoms with van der Waals surface area (Å²) in [6.45, 7) is 1.00. The van der Waals surface area contributed by atoms with E-state index in [2.05, 4.69) is 0 Å². The van der Waals surface area contributed by atoms with Gasteiger partial charge in [0.2, 0.25) is 11.3 Å². The maximum Gasteiger partial charge on any atom is 0.269 e. The van der Waals surface area contributed by atoms with Gasteiger partial charge in [-0.3, -0.25) is 14.7 Å². The van der Waals surface area contributed by atoms with Gasteiger partial charge in [-0.05, 0) is 25.0 Å². The number of hydrogen-bond donors (Lipinski definition) is 1. The first-order valence-corrected chi connectivity index (χ1v) is 6.89. The van der Waals surface area contributed by atoms with Crippen molar-refractivity contribution in [3.05, 3.63) is 34.4 Å². The first-order chi connectivity index (χ1) is 9.06. The van der Waals surface area contributed by atoms with Crippen molar-refractivity contribution in [2.45, 2.75) is 18.9 Å². The highest BCUT2D eigenvalue weighted by atomic mass is 32.2. The maximum atomic E-state index is 10.9. The van der Waals surface area contributed by atoms with Crippen LogP contribution in [0, 0.1) is 10.1 Å². The van der Waals surface area contributed by atoms with Gasteiger partial charge in [0.25, 0.3) is 5.69 Å². The van der Waals surface area contributed by atoms with E-state index in [0.717, 1.165) is 0 Å². The molecule has 1 heterocycles. The van der Waals surface area contributed by atoms with E-state index < -0.39 is 16.2 Å². The Morgan fingerprint density at radius 2 is 1.89 bits per heavy atom. The molecule has 2 rings (SSSR count). The summed E-state index contributed by atoms with van der Waals surface area (Å²) >= 11 is -1.92. The van der Waals surface area contributed by atoms with E-state index in [1.54, 1.807) is 12.1 Å². The van der Waals surface area contributed by atoms with Gasteiger partial charge in [-0.25, -0.2) is 8.51 Å². The minimum Gasteiger partial charge on any atom is -0.490 e. The zero-order valence-electron chi connectivity index (χ0n) is 10.1. The normalized spacial score (nSPS) is 19.0. The highest BCUT2D eigenvalue weighted by Crippen LogP contribution is 2.22. The molecular weight excluding hydrogens is 272 g/mol. The van der Waals surface area contributed by atoms with E-state index in [9.17, 15) is 14.3 Å². The number of hydrogen-bond acceptors (Lipinski definition) is 4. The molecule has 0 aliphatic carbocycles. The van der Waals surface area contributed by atoms with E-state index in [0.29, 0.717) is 31.7 Å². The Balaban J connectivity index is 1.88. The van der Waals surface area contributed by atoms with Crippen LogP contribution in [-0.2, 0) is 11.3 Å². The van der Waals surface area contributed by atoms with Crippen LogP contribution < -0.4 is 4.74 Å². The van der Waals surface area contributed by atoms with E-state index in [-0.39, 0.29) is 11.8 Å². The van der Waals surface area contributed by atoms with Crippen molar-refractivity contribution in [2.75, 3.05) is 13.1 Å². The molecule has 0 aromatic heterocycles. The van der Waals surface area contributed by atoms with E-state index in [1.165, 1.54) is 16.4 Å². The Hall–Kier alpha value is -1.51. The summed E-state index contributed by atoms with van der Waals surface area (Å²) in [6, 6.07) is 5.92. The number of benzene rings is 1. The van der Waals surface area contributed by atoms with Crippen molar-refractivity contribution in [2.24, 2.45) is 0 Å². The molecule has 1 aromatic carbocycles. The first kappa shape index (κ1) is 13.9. The van der Waals surface area contributed by atoms with E-state index in [1.807, 2.05) is 0 Å². The molecule has 0 bridgehead atoms. The molecule has 1 saturated heterocycles. The van der Waals surface area contributed by atoms with Crippen molar-refractivity contribution in [3.8, 4) is 5.75 Å². The third-order valence-corrected chi connectivity index (χ3v) is 3.78. The second-order valence-corrected chi connectivity index (χ2v) is 5.21. The summed E-state index contributed by atoms with van der Waals surface area (Å²) in [7, 11) is 0. The van der Waals surface area contributed by atoms with Gasteiger partial charge in [0.1, 0.15) is 11.9 Å². The molecule has 1 N–H and O–H groups in total. The topological polar surface area (TPSA) is 92.9 Å². The zero-order chi connectivity index (χ0) is 13.8. The summed E-state index contributed by atoms with van der Waals surface area (Å²) in [4.78, 5) is 10.0. The fourth-order valence-corrected chi connectivity index (χ4v) is 2.47. The summed E-state index contributed by atoms with van der Waals surface area (Å²) in [5.41, 5.74) is 0.0258. The monoisotopic (exact) mass is 286 g/mol. The Labute approximate surface area is 112 Å². The quantitative estimate of drug-likeness (QED) is 0.515. The largest absolute Gasteiger partial charge is 0.490 e. The number of nitro groups is 1. The second kappa shape index (κ2) is 6.09. The van der Waals surface area contributed by atoms with Crippen LogP contribution in [0.15, 0.2) is 24.3 Å². The first-order valence-electron chi connectivity index (χ1n) is 5.83. The van der Waals surface area contributed by atoms with Crippen LogP contribution in [0.3, 0.4) is 0 Å². The smallest absolute Gasteiger partial charge is 0.269 e. The molecule has 1 unspecified atom stereocenters. The number of nitro benzene ring substituents is 1. The third kappa shape index (κ3) is 3.72. The summed E-state index contributed by atoms with van der Waals surface area (Å²) < 4.78 is 26.9. The van der Waals surface area contributed by atoms with Crippen LogP contribution in [-0.4, -0.2) is 37.2 Å². The molecule has 1 aliphatic heterocycles. The van der Waals surface area contributed by atoms with Gasteiger partial charge < -0.3 is 4.74 Å². The van der Waals surface area contributed by atoms with Crippen LogP contribution in [0.25, 0.3) is 0 Å². The Kier molecular flexibility index (Phi) is 4.46.